The Morgan fingerprint density at radius 2 is 1.67 bits per heavy atom. The summed E-state index contributed by atoms with van der Waals surface area (Å²) in [6.45, 7) is 15.4. The molecule has 0 saturated heterocycles. The Morgan fingerprint density at radius 3 is 2.33 bits per heavy atom. The first-order valence-corrected chi connectivity index (χ1v) is 13.7. The number of hydrogen-bond acceptors (Lipinski definition) is 1. The molecule has 0 heterocycles. The van der Waals surface area contributed by atoms with E-state index in [-0.39, 0.29) is 0 Å². The van der Waals surface area contributed by atoms with Gasteiger partial charge in [-0.3, -0.25) is 0 Å². The fourth-order valence-electron chi connectivity index (χ4n) is 11.3. The maximum Gasteiger partial charge on any atom is 0.0638 e. The van der Waals surface area contributed by atoms with Gasteiger partial charge in [0.15, 0.2) is 0 Å². The molecule has 0 aromatic carbocycles. The van der Waals surface area contributed by atoms with Gasteiger partial charge in [0.1, 0.15) is 0 Å². The van der Waals surface area contributed by atoms with E-state index >= 15 is 0 Å². The van der Waals surface area contributed by atoms with Crippen molar-refractivity contribution >= 4 is 0 Å². The van der Waals surface area contributed by atoms with Crippen LogP contribution in [-0.2, 0) is 4.74 Å². The smallest absolute Gasteiger partial charge is 0.0638 e. The van der Waals surface area contributed by atoms with Crippen molar-refractivity contribution in [2.75, 3.05) is 7.11 Å². The third kappa shape index (κ3) is 2.82. The molecule has 0 aliphatic heterocycles. The van der Waals surface area contributed by atoms with Crippen molar-refractivity contribution < 1.29 is 4.74 Å². The molecule has 5 fully saturated rings. The number of hydrogen-bond donors (Lipinski definition) is 0. The quantitative estimate of drug-likeness (QED) is 0.428. The van der Waals surface area contributed by atoms with E-state index in [2.05, 4.69) is 41.5 Å². The lowest BCUT2D eigenvalue weighted by molar-refractivity contribution is -0.161. The van der Waals surface area contributed by atoms with Crippen LogP contribution in [0, 0.1) is 63.6 Å². The van der Waals surface area contributed by atoms with Crippen LogP contribution in [0.15, 0.2) is 0 Å². The highest BCUT2D eigenvalue weighted by Crippen LogP contribution is 2.82. The van der Waals surface area contributed by atoms with Crippen LogP contribution in [-0.4, -0.2) is 13.2 Å². The molecule has 0 aromatic heterocycles. The molecule has 172 valence electrons. The summed E-state index contributed by atoms with van der Waals surface area (Å²) in [6.07, 6.45) is 15.3. The number of rotatable bonds is 6. The molecule has 11 atom stereocenters. The van der Waals surface area contributed by atoms with Gasteiger partial charge in [0.2, 0.25) is 0 Å². The Kier molecular flexibility index (Phi) is 5.25. The topological polar surface area (TPSA) is 9.23 Å². The van der Waals surface area contributed by atoms with Gasteiger partial charge in [-0.25, -0.2) is 0 Å². The number of ether oxygens (including phenoxy) is 1. The first-order chi connectivity index (χ1) is 14.2. The fraction of sp³-hybridized carbons (Fsp3) is 1.00. The SMILES string of the molecule is CO[C@@H]1C[C@H]2[C@@H]3CC[C@H]([C@H](C)C[C@@H](C)CC(C)C)[C@@]3(C)CC[C@@H]2[C@@]2(C)CC[C@@H]3C[C@]312. The van der Waals surface area contributed by atoms with Gasteiger partial charge in [0.05, 0.1) is 6.10 Å². The summed E-state index contributed by atoms with van der Waals surface area (Å²) in [4.78, 5) is 0. The average molecular weight is 415 g/mol. The normalized spacial score (nSPS) is 53.6. The second kappa shape index (κ2) is 7.23. The van der Waals surface area contributed by atoms with E-state index in [0.717, 1.165) is 47.3 Å². The van der Waals surface area contributed by atoms with E-state index in [9.17, 15) is 0 Å². The molecule has 1 heteroatoms. The maximum absolute atomic E-state index is 6.31. The summed E-state index contributed by atoms with van der Waals surface area (Å²) >= 11 is 0. The molecule has 5 saturated carbocycles. The zero-order chi connectivity index (χ0) is 21.5. The highest BCUT2D eigenvalue weighted by molar-refractivity contribution is 5.26. The predicted octanol–water partition coefficient (Wildman–Crippen LogP) is 7.98. The molecule has 0 unspecified atom stereocenters. The second-order valence-corrected chi connectivity index (χ2v) is 13.9. The fourth-order valence-corrected chi connectivity index (χ4v) is 11.3. The Bertz CT molecular complexity index is 655. The van der Waals surface area contributed by atoms with Crippen LogP contribution in [0.1, 0.15) is 106 Å². The summed E-state index contributed by atoms with van der Waals surface area (Å²) in [5.74, 6) is 7.48. The van der Waals surface area contributed by atoms with Gasteiger partial charge in [-0.05, 0) is 122 Å². The van der Waals surface area contributed by atoms with Gasteiger partial charge in [0, 0.05) is 12.5 Å². The highest BCUT2D eigenvalue weighted by Gasteiger charge is 2.77. The molecular formula is C29H50O. The molecule has 5 aliphatic rings. The van der Waals surface area contributed by atoms with Gasteiger partial charge in [-0.15, -0.1) is 0 Å². The lowest BCUT2D eigenvalue weighted by Gasteiger charge is -2.61. The van der Waals surface area contributed by atoms with Crippen LogP contribution < -0.4 is 0 Å². The largest absolute Gasteiger partial charge is 0.381 e. The minimum atomic E-state index is 0.557. The van der Waals surface area contributed by atoms with E-state index < -0.39 is 0 Å². The monoisotopic (exact) mass is 414 g/mol. The summed E-state index contributed by atoms with van der Waals surface area (Å²) in [5.41, 5.74) is 1.76. The average Bonchev–Trinajstić information content (AvgIpc) is 3.17. The minimum absolute atomic E-state index is 0.557. The van der Waals surface area contributed by atoms with Crippen molar-refractivity contribution in [2.24, 2.45) is 63.6 Å². The van der Waals surface area contributed by atoms with Gasteiger partial charge in [-0.2, -0.15) is 0 Å². The zero-order valence-electron chi connectivity index (χ0n) is 21.2. The van der Waals surface area contributed by atoms with Crippen molar-refractivity contribution in [3.8, 4) is 0 Å². The highest BCUT2D eigenvalue weighted by atomic mass is 16.5. The Morgan fingerprint density at radius 1 is 0.900 bits per heavy atom. The van der Waals surface area contributed by atoms with Gasteiger partial charge >= 0.3 is 0 Å². The molecule has 0 amide bonds. The van der Waals surface area contributed by atoms with Crippen molar-refractivity contribution in [1.29, 1.82) is 0 Å². The molecule has 0 bridgehead atoms. The molecule has 0 radical (unpaired) electrons. The van der Waals surface area contributed by atoms with E-state index in [0.29, 0.717) is 22.3 Å². The minimum Gasteiger partial charge on any atom is -0.381 e. The van der Waals surface area contributed by atoms with Gasteiger partial charge in [-0.1, -0.05) is 41.5 Å². The van der Waals surface area contributed by atoms with Crippen molar-refractivity contribution in [3.05, 3.63) is 0 Å². The maximum atomic E-state index is 6.31. The van der Waals surface area contributed by atoms with Crippen LogP contribution >= 0.6 is 0 Å². The Labute approximate surface area is 187 Å². The molecule has 30 heavy (non-hydrogen) atoms. The number of methoxy groups -OCH3 is 1. The van der Waals surface area contributed by atoms with Gasteiger partial charge < -0.3 is 4.74 Å². The van der Waals surface area contributed by atoms with Crippen LogP contribution in [0.2, 0.25) is 0 Å². The van der Waals surface area contributed by atoms with Crippen LogP contribution in [0.3, 0.4) is 0 Å². The zero-order valence-corrected chi connectivity index (χ0v) is 21.2. The Hall–Kier alpha value is -0.0400. The number of fused-ring (bicyclic) bond motifs is 4. The Balaban J connectivity index is 1.36. The first kappa shape index (κ1) is 21.8. The predicted molar refractivity (Wildman–Crippen MR) is 126 cm³/mol. The third-order valence-electron chi connectivity index (χ3n) is 12.2. The standard InChI is InChI=1S/C29H50O/c1-18(2)14-19(3)15-20(4)23-8-9-24-22-16-26(30-7)29-17-21(29)10-13-28(29,6)25(22)11-12-27(23,24)5/h18-26H,8-17H2,1-7H3/t19-,20+,21+,22-,23+,24-,25-,26+,27+,28+,29-/m0/s1. The first-order valence-electron chi connectivity index (χ1n) is 13.7. The summed E-state index contributed by atoms with van der Waals surface area (Å²) < 4.78 is 6.31. The van der Waals surface area contributed by atoms with Gasteiger partial charge in [0.25, 0.3) is 0 Å². The molecule has 1 spiro atoms. The summed E-state index contributed by atoms with van der Waals surface area (Å²) in [6, 6.07) is 0. The molecule has 1 nitrogen and oxygen atoms in total. The molecule has 5 rings (SSSR count). The van der Waals surface area contributed by atoms with E-state index in [1.165, 1.54) is 64.2 Å². The molecule has 0 aromatic rings. The summed E-state index contributed by atoms with van der Waals surface area (Å²) in [7, 11) is 2.03. The van der Waals surface area contributed by atoms with Crippen molar-refractivity contribution in [1.82, 2.24) is 0 Å². The molecular weight excluding hydrogens is 364 g/mol. The lowest BCUT2D eigenvalue weighted by atomic mass is 9.45. The van der Waals surface area contributed by atoms with Crippen molar-refractivity contribution in [2.45, 2.75) is 112 Å². The van der Waals surface area contributed by atoms with Crippen LogP contribution in [0.25, 0.3) is 0 Å². The molecule has 5 aliphatic carbocycles. The molecule has 0 N–H and O–H groups in total. The second-order valence-electron chi connectivity index (χ2n) is 13.9. The van der Waals surface area contributed by atoms with Crippen molar-refractivity contribution in [3.63, 3.8) is 0 Å². The third-order valence-corrected chi connectivity index (χ3v) is 12.2. The summed E-state index contributed by atoms with van der Waals surface area (Å²) in [5, 5.41) is 0. The lowest BCUT2D eigenvalue weighted by Crippen LogP contribution is -2.57. The van der Waals surface area contributed by atoms with E-state index in [1.54, 1.807) is 0 Å². The van der Waals surface area contributed by atoms with E-state index in [4.69, 9.17) is 4.74 Å². The van der Waals surface area contributed by atoms with Crippen LogP contribution in [0.4, 0.5) is 0 Å². The van der Waals surface area contributed by atoms with E-state index in [1.807, 2.05) is 7.11 Å². The van der Waals surface area contributed by atoms with Crippen LogP contribution in [0.5, 0.6) is 0 Å².